The van der Waals surface area contributed by atoms with Gasteiger partial charge < -0.3 is 24.3 Å². The summed E-state index contributed by atoms with van der Waals surface area (Å²) in [5.74, 6) is -0.136. The molecule has 9 heteroatoms. The summed E-state index contributed by atoms with van der Waals surface area (Å²) in [6.07, 6.45) is 0. The highest BCUT2D eigenvalue weighted by Crippen LogP contribution is 2.39. The number of carbonyl (C=O) groups excluding carboxylic acids is 2. The standard InChI is InChI=1S/C18H17Cl2NO6/c1-24-14-7-13(8-15(25-2)17(14)26-3)21-16(22)9-27-18(23)10-4-11(19)6-12(20)5-10/h4-8H,9H2,1-3H3,(H,21,22). The van der Waals surface area contributed by atoms with Crippen LogP contribution in [0, 0.1) is 0 Å². The third-order valence-electron chi connectivity index (χ3n) is 3.38. The van der Waals surface area contributed by atoms with Crippen molar-refractivity contribution >= 4 is 40.8 Å². The number of hydrogen-bond acceptors (Lipinski definition) is 6. The zero-order valence-electron chi connectivity index (χ0n) is 14.8. The monoisotopic (exact) mass is 413 g/mol. The van der Waals surface area contributed by atoms with Crippen molar-refractivity contribution in [1.29, 1.82) is 0 Å². The van der Waals surface area contributed by atoms with Crippen molar-refractivity contribution in [3.8, 4) is 17.2 Å². The van der Waals surface area contributed by atoms with Crippen molar-refractivity contribution in [3.05, 3.63) is 45.9 Å². The van der Waals surface area contributed by atoms with Crippen molar-refractivity contribution in [1.82, 2.24) is 0 Å². The lowest BCUT2D eigenvalue weighted by molar-refractivity contribution is -0.119. The van der Waals surface area contributed by atoms with Crippen LogP contribution in [0.3, 0.4) is 0 Å². The van der Waals surface area contributed by atoms with E-state index in [-0.39, 0.29) is 15.6 Å². The Balaban J connectivity index is 2.04. The maximum atomic E-state index is 12.1. The van der Waals surface area contributed by atoms with Crippen molar-refractivity contribution < 1.29 is 28.5 Å². The van der Waals surface area contributed by atoms with E-state index in [2.05, 4.69) is 5.32 Å². The van der Waals surface area contributed by atoms with Crippen LogP contribution in [0.2, 0.25) is 10.0 Å². The molecule has 0 saturated heterocycles. The second kappa shape index (κ2) is 9.34. The van der Waals surface area contributed by atoms with Crippen LogP contribution < -0.4 is 19.5 Å². The predicted molar refractivity (Wildman–Crippen MR) is 101 cm³/mol. The minimum atomic E-state index is -0.723. The van der Waals surface area contributed by atoms with Gasteiger partial charge >= 0.3 is 5.97 Å². The topological polar surface area (TPSA) is 83.1 Å². The molecule has 2 aromatic rings. The summed E-state index contributed by atoms with van der Waals surface area (Å²) in [5, 5.41) is 3.16. The van der Waals surface area contributed by atoms with Gasteiger partial charge in [-0.05, 0) is 18.2 Å². The second-order valence-electron chi connectivity index (χ2n) is 5.20. The maximum Gasteiger partial charge on any atom is 0.338 e. The predicted octanol–water partition coefficient (Wildman–Crippen LogP) is 3.81. The number of carbonyl (C=O) groups is 2. The molecule has 0 spiro atoms. The van der Waals surface area contributed by atoms with Crippen LogP contribution in [0.4, 0.5) is 5.69 Å². The molecule has 7 nitrogen and oxygen atoms in total. The Bertz CT molecular complexity index is 810. The Morgan fingerprint density at radius 2 is 1.44 bits per heavy atom. The third kappa shape index (κ3) is 5.42. The average Bonchev–Trinajstić information content (AvgIpc) is 2.64. The van der Waals surface area contributed by atoms with E-state index in [1.807, 2.05) is 0 Å². The van der Waals surface area contributed by atoms with Gasteiger partial charge in [-0.1, -0.05) is 23.2 Å². The lowest BCUT2D eigenvalue weighted by Crippen LogP contribution is -2.21. The van der Waals surface area contributed by atoms with Gasteiger partial charge in [0.2, 0.25) is 5.75 Å². The maximum absolute atomic E-state index is 12.1. The zero-order valence-corrected chi connectivity index (χ0v) is 16.3. The number of amides is 1. The zero-order chi connectivity index (χ0) is 20.0. The van der Waals surface area contributed by atoms with E-state index in [1.165, 1.54) is 39.5 Å². The Morgan fingerprint density at radius 1 is 0.889 bits per heavy atom. The molecule has 0 saturated carbocycles. The van der Waals surface area contributed by atoms with Crippen molar-refractivity contribution in [2.75, 3.05) is 33.3 Å². The highest BCUT2D eigenvalue weighted by atomic mass is 35.5. The van der Waals surface area contributed by atoms with Gasteiger partial charge in [0.1, 0.15) is 0 Å². The van der Waals surface area contributed by atoms with Crippen molar-refractivity contribution in [2.24, 2.45) is 0 Å². The molecule has 0 radical (unpaired) electrons. The van der Waals surface area contributed by atoms with Crippen molar-refractivity contribution in [2.45, 2.75) is 0 Å². The van der Waals surface area contributed by atoms with E-state index in [1.54, 1.807) is 12.1 Å². The Hall–Kier alpha value is -2.64. The Morgan fingerprint density at radius 3 is 1.93 bits per heavy atom. The fourth-order valence-corrected chi connectivity index (χ4v) is 2.76. The number of methoxy groups -OCH3 is 3. The number of anilines is 1. The van der Waals surface area contributed by atoms with Crippen LogP contribution >= 0.6 is 23.2 Å². The van der Waals surface area contributed by atoms with E-state index in [0.29, 0.717) is 22.9 Å². The molecule has 0 atom stereocenters. The van der Waals surface area contributed by atoms with Crippen LogP contribution in [0.1, 0.15) is 10.4 Å². The third-order valence-corrected chi connectivity index (χ3v) is 3.82. The number of halogens is 2. The van der Waals surface area contributed by atoms with E-state index >= 15 is 0 Å². The minimum Gasteiger partial charge on any atom is -0.493 e. The van der Waals surface area contributed by atoms with E-state index in [4.69, 9.17) is 42.1 Å². The number of rotatable bonds is 7. The van der Waals surface area contributed by atoms with Gasteiger partial charge in [-0.3, -0.25) is 4.79 Å². The molecule has 2 rings (SSSR count). The summed E-state index contributed by atoms with van der Waals surface area (Å²) in [7, 11) is 4.39. The number of hydrogen-bond donors (Lipinski definition) is 1. The molecular weight excluding hydrogens is 397 g/mol. The minimum absolute atomic E-state index is 0.146. The van der Waals surface area contributed by atoms with Crippen LogP contribution in [-0.4, -0.2) is 39.8 Å². The molecule has 1 N–H and O–H groups in total. The van der Waals surface area contributed by atoms with E-state index in [9.17, 15) is 9.59 Å². The Labute approximate surface area is 166 Å². The van der Waals surface area contributed by atoms with E-state index in [0.717, 1.165) is 0 Å². The molecule has 0 fully saturated rings. The number of benzene rings is 2. The first-order valence-electron chi connectivity index (χ1n) is 7.61. The van der Waals surface area contributed by atoms with Gasteiger partial charge in [-0.15, -0.1) is 0 Å². The number of nitrogens with one attached hydrogen (secondary N) is 1. The largest absolute Gasteiger partial charge is 0.493 e. The SMILES string of the molecule is COc1cc(NC(=O)COC(=O)c2cc(Cl)cc(Cl)c2)cc(OC)c1OC. The van der Waals surface area contributed by atoms with Crippen LogP contribution in [0.5, 0.6) is 17.2 Å². The molecule has 0 bridgehead atoms. The van der Waals surface area contributed by atoms with Crippen molar-refractivity contribution in [3.63, 3.8) is 0 Å². The molecule has 0 aliphatic rings. The first-order valence-corrected chi connectivity index (χ1v) is 8.36. The molecule has 144 valence electrons. The molecule has 0 heterocycles. The molecule has 0 aliphatic heterocycles. The molecular formula is C18H17Cl2NO6. The van der Waals surface area contributed by atoms with Crippen LogP contribution in [0.15, 0.2) is 30.3 Å². The van der Waals surface area contributed by atoms with Gasteiger partial charge in [0.15, 0.2) is 18.1 Å². The van der Waals surface area contributed by atoms with E-state index < -0.39 is 18.5 Å². The summed E-state index contributed by atoms with van der Waals surface area (Å²) in [6, 6.07) is 7.38. The average molecular weight is 414 g/mol. The van der Waals surface area contributed by atoms with Gasteiger partial charge in [0, 0.05) is 27.9 Å². The highest BCUT2D eigenvalue weighted by Gasteiger charge is 2.16. The molecule has 27 heavy (non-hydrogen) atoms. The molecule has 0 unspecified atom stereocenters. The molecule has 2 aromatic carbocycles. The second-order valence-corrected chi connectivity index (χ2v) is 6.07. The Kier molecular flexibility index (Phi) is 7.15. The first-order chi connectivity index (χ1) is 12.9. The quantitative estimate of drug-likeness (QED) is 0.694. The number of ether oxygens (including phenoxy) is 4. The van der Waals surface area contributed by atoms with Gasteiger partial charge in [-0.2, -0.15) is 0 Å². The van der Waals surface area contributed by atoms with Crippen LogP contribution in [-0.2, 0) is 9.53 Å². The normalized spacial score (nSPS) is 10.1. The van der Waals surface area contributed by atoms with Gasteiger partial charge in [0.05, 0.1) is 26.9 Å². The molecule has 0 aromatic heterocycles. The lowest BCUT2D eigenvalue weighted by Gasteiger charge is -2.14. The first kappa shape index (κ1) is 20.7. The fraction of sp³-hybridized carbons (Fsp3) is 0.222. The summed E-state index contributed by atoms with van der Waals surface area (Å²) >= 11 is 11.7. The summed E-state index contributed by atoms with van der Waals surface area (Å²) in [5.41, 5.74) is 0.532. The lowest BCUT2D eigenvalue weighted by atomic mass is 10.2. The number of esters is 1. The molecule has 1 amide bonds. The fourth-order valence-electron chi connectivity index (χ4n) is 2.24. The molecule has 0 aliphatic carbocycles. The summed E-state index contributed by atoms with van der Waals surface area (Å²) < 4.78 is 20.6. The summed E-state index contributed by atoms with van der Waals surface area (Å²) in [4.78, 5) is 24.1. The summed E-state index contributed by atoms with van der Waals surface area (Å²) in [6.45, 7) is -0.500. The smallest absolute Gasteiger partial charge is 0.338 e. The van der Waals surface area contributed by atoms with Gasteiger partial charge in [0.25, 0.3) is 5.91 Å². The van der Waals surface area contributed by atoms with Crippen LogP contribution in [0.25, 0.3) is 0 Å². The van der Waals surface area contributed by atoms with Gasteiger partial charge in [-0.25, -0.2) is 4.79 Å². The highest BCUT2D eigenvalue weighted by molar-refractivity contribution is 6.35.